The van der Waals surface area contributed by atoms with Crippen molar-refractivity contribution in [3.8, 4) is 11.5 Å². The number of urea groups is 1. The first kappa shape index (κ1) is 29.8. The Hall–Kier alpha value is -2.65. The monoisotopic (exact) mass is 593 g/mol. The molecule has 0 aromatic heterocycles. The number of nitrogens with one attached hydrogen (secondary N) is 1. The van der Waals surface area contributed by atoms with Crippen LogP contribution in [-0.4, -0.2) is 61.8 Å². The summed E-state index contributed by atoms with van der Waals surface area (Å²) in [6, 6.07) is 9.66. The Morgan fingerprint density at radius 3 is 2.41 bits per heavy atom. The third kappa shape index (κ3) is 5.85. The molecule has 3 atom stereocenters. The van der Waals surface area contributed by atoms with E-state index in [1.54, 1.807) is 14.2 Å². The number of ether oxygens (including phenoxy) is 2. The van der Waals surface area contributed by atoms with Crippen LogP contribution >= 0.6 is 11.6 Å². The van der Waals surface area contributed by atoms with Crippen molar-refractivity contribution in [3.63, 3.8) is 0 Å². The molecule has 224 valence electrons. The predicted molar refractivity (Wildman–Crippen MR) is 154 cm³/mol. The third-order valence-electron chi connectivity index (χ3n) is 9.58. The Balaban J connectivity index is 1.42. The first-order valence-electron chi connectivity index (χ1n) is 14.5. The number of hydrogen-bond donors (Lipinski definition) is 1. The summed E-state index contributed by atoms with van der Waals surface area (Å²) in [6.45, 7) is 0.951. The van der Waals surface area contributed by atoms with Gasteiger partial charge in [-0.2, -0.15) is 13.2 Å². The number of amides is 2. The molecule has 3 fully saturated rings. The van der Waals surface area contributed by atoms with Gasteiger partial charge in [0, 0.05) is 29.2 Å². The van der Waals surface area contributed by atoms with E-state index in [4.69, 9.17) is 21.1 Å². The van der Waals surface area contributed by atoms with Crippen LogP contribution < -0.4 is 14.8 Å². The minimum absolute atomic E-state index is 0.0219. The summed E-state index contributed by atoms with van der Waals surface area (Å²) in [5.41, 5.74) is 0.293. The smallest absolute Gasteiger partial charge is 0.417 e. The molecule has 10 heteroatoms. The van der Waals surface area contributed by atoms with Crippen LogP contribution in [0.4, 0.5) is 23.7 Å². The number of carbonyl (C=O) groups is 1. The standard InChI is InChI=1S/C31H39ClF3N3O3/c1-37-16-15-30(20-9-12-26(40-2)27(17-20)41-3)14-13-23(19-28(30)37)38(22-7-5-4-6-8-22)29(39)36-21-10-11-25(32)24(18-21)31(33,34)35/h9-12,17-18,22-23,28H,4-8,13-16,19H2,1-3H3,(H,36,39)/t23-,28+,30-/m0/s1. The molecule has 2 amide bonds. The van der Waals surface area contributed by atoms with E-state index in [9.17, 15) is 18.0 Å². The van der Waals surface area contributed by atoms with Gasteiger partial charge in [-0.25, -0.2) is 4.79 Å². The van der Waals surface area contributed by atoms with Crippen LogP contribution in [-0.2, 0) is 11.6 Å². The molecular weight excluding hydrogens is 555 g/mol. The normalized spacial score (nSPS) is 25.4. The molecule has 0 radical (unpaired) electrons. The van der Waals surface area contributed by atoms with Gasteiger partial charge in [0.25, 0.3) is 0 Å². The van der Waals surface area contributed by atoms with E-state index in [2.05, 4.69) is 29.4 Å². The number of alkyl halides is 3. The van der Waals surface area contributed by atoms with Crippen molar-refractivity contribution in [2.75, 3.05) is 33.1 Å². The van der Waals surface area contributed by atoms with Gasteiger partial charge in [0.15, 0.2) is 11.5 Å². The minimum atomic E-state index is -4.61. The maximum atomic E-state index is 13.9. The molecule has 2 aromatic carbocycles. The summed E-state index contributed by atoms with van der Waals surface area (Å²) in [6.07, 6.45) is 3.94. The van der Waals surface area contributed by atoms with Crippen molar-refractivity contribution >= 4 is 23.3 Å². The number of fused-ring (bicyclic) bond motifs is 1. The van der Waals surface area contributed by atoms with Gasteiger partial charge < -0.3 is 24.6 Å². The topological polar surface area (TPSA) is 54.0 Å². The summed E-state index contributed by atoms with van der Waals surface area (Å²) < 4.78 is 51.6. The molecule has 5 rings (SSSR count). The maximum Gasteiger partial charge on any atom is 0.417 e. The highest BCUT2D eigenvalue weighted by atomic mass is 35.5. The second kappa shape index (κ2) is 11.9. The van der Waals surface area contributed by atoms with Gasteiger partial charge in [-0.05, 0) is 88.0 Å². The molecule has 1 aliphatic heterocycles. The summed E-state index contributed by atoms with van der Waals surface area (Å²) in [5.74, 6) is 1.40. The van der Waals surface area contributed by atoms with Crippen molar-refractivity contribution in [2.24, 2.45) is 0 Å². The van der Waals surface area contributed by atoms with Gasteiger partial charge in [0.1, 0.15) is 0 Å². The van der Waals surface area contributed by atoms with Crippen molar-refractivity contribution in [2.45, 2.75) is 87.5 Å². The van der Waals surface area contributed by atoms with Crippen LogP contribution in [0.15, 0.2) is 36.4 Å². The fraction of sp³-hybridized carbons (Fsp3) is 0.581. The molecule has 0 unspecified atom stereocenters. The zero-order valence-corrected chi connectivity index (χ0v) is 24.7. The van der Waals surface area contributed by atoms with E-state index in [-0.39, 0.29) is 40.3 Å². The molecular formula is C31H39ClF3N3O3. The number of likely N-dealkylation sites (tertiary alicyclic amines) is 1. The second-order valence-corrected chi connectivity index (χ2v) is 12.1. The lowest BCUT2D eigenvalue weighted by molar-refractivity contribution is -0.137. The van der Waals surface area contributed by atoms with Gasteiger partial charge in [0.05, 0.1) is 24.8 Å². The SMILES string of the molecule is COc1ccc([C@@]23CC[C@H](N(C(=O)Nc4ccc(Cl)c(C(F)(F)F)c4)C4CCCCC4)C[C@H]2N(C)CC3)cc1OC. The Labute approximate surface area is 245 Å². The van der Waals surface area contributed by atoms with Crippen molar-refractivity contribution in [1.82, 2.24) is 9.80 Å². The number of carbonyl (C=O) groups excluding carboxylic acids is 1. The second-order valence-electron chi connectivity index (χ2n) is 11.7. The van der Waals surface area contributed by atoms with Crippen LogP contribution in [0.3, 0.4) is 0 Å². The Kier molecular flexibility index (Phi) is 8.67. The van der Waals surface area contributed by atoms with E-state index in [0.29, 0.717) is 11.5 Å². The molecule has 2 aliphatic carbocycles. The largest absolute Gasteiger partial charge is 0.493 e. The molecule has 1 heterocycles. The average molecular weight is 594 g/mol. The molecule has 3 aliphatic rings. The number of halogens is 4. The Morgan fingerprint density at radius 1 is 1.00 bits per heavy atom. The lowest BCUT2D eigenvalue weighted by Gasteiger charge is -2.49. The number of methoxy groups -OCH3 is 2. The van der Waals surface area contributed by atoms with Gasteiger partial charge >= 0.3 is 12.2 Å². The number of anilines is 1. The fourth-order valence-corrected chi connectivity index (χ4v) is 7.72. The lowest BCUT2D eigenvalue weighted by atomic mass is 9.64. The summed E-state index contributed by atoms with van der Waals surface area (Å²) >= 11 is 5.83. The molecule has 2 saturated carbocycles. The molecule has 1 N–H and O–H groups in total. The van der Waals surface area contributed by atoms with Crippen molar-refractivity contribution < 1.29 is 27.4 Å². The van der Waals surface area contributed by atoms with Crippen LogP contribution in [0.5, 0.6) is 11.5 Å². The van der Waals surface area contributed by atoms with E-state index in [1.807, 2.05) is 11.0 Å². The minimum Gasteiger partial charge on any atom is -0.493 e. The van der Waals surface area contributed by atoms with E-state index < -0.39 is 11.7 Å². The van der Waals surface area contributed by atoms with Crippen molar-refractivity contribution in [1.29, 1.82) is 0 Å². The zero-order valence-electron chi connectivity index (χ0n) is 23.9. The average Bonchev–Trinajstić information content (AvgIpc) is 3.30. The van der Waals surface area contributed by atoms with Crippen LogP contribution in [0.25, 0.3) is 0 Å². The Morgan fingerprint density at radius 2 is 1.73 bits per heavy atom. The van der Waals surface area contributed by atoms with E-state index >= 15 is 0 Å². The highest BCUT2D eigenvalue weighted by molar-refractivity contribution is 6.31. The van der Waals surface area contributed by atoms with Gasteiger partial charge in [-0.1, -0.05) is 36.9 Å². The highest BCUT2D eigenvalue weighted by Gasteiger charge is 2.52. The number of benzene rings is 2. The molecule has 2 aromatic rings. The third-order valence-corrected chi connectivity index (χ3v) is 9.91. The van der Waals surface area contributed by atoms with Gasteiger partial charge in [0.2, 0.25) is 0 Å². The summed E-state index contributed by atoms with van der Waals surface area (Å²) in [5, 5.41) is 2.41. The van der Waals surface area contributed by atoms with E-state index in [0.717, 1.165) is 70.4 Å². The Bertz CT molecular complexity index is 1250. The number of hydrogen-bond acceptors (Lipinski definition) is 4. The summed E-state index contributed by atoms with van der Waals surface area (Å²) in [4.78, 5) is 18.3. The van der Waals surface area contributed by atoms with Crippen LogP contribution in [0.2, 0.25) is 5.02 Å². The van der Waals surface area contributed by atoms with Crippen LogP contribution in [0, 0.1) is 0 Å². The van der Waals surface area contributed by atoms with Crippen molar-refractivity contribution in [3.05, 3.63) is 52.5 Å². The molecule has 0 spiro atoms. The van der Waals surface area contributed by atoms with Gasteiger partial charge in [-0.15, -0.1) is 0 Å². The number of rotatable bonds is 6. The number of likely N-dealkylation sites (N-methyl/N-ethyl adjacent to an activating group) is 1. The maximum absolute atomic E-state index is 13.9. The molecule has 41 heavy (non-hydrogen) atoms. The summed E-state index contributed by atoms with van der Waals surface area (Å²) in [7, 11) is 5.42. The molecule has 6 nitrogen and oxygen atoms in total. The quantitative estimate of drug-likeness (QED) is 0.372. The first-order chi connectivity index (χ1) is 19.6. The first-order valence-corrected chi connectivity index (χ1v) is 14.8. The van der Waals surface area contributed by atoms with Crippen LogP contribution in [0.1, 0.15) is 68.9 Å². The molecule has 1 saturated heterocycles. The molecule has 0 bridgehead atoms. The lowest BCUT2D eigenvalue weighted by Crippen LogP contribution is -2.56. The van der Waals surface area contributed by atoms with Gasteiger partial charge in [-0.3, -0.25) is 0 Å². The fourth-order valence-electron chi connectivity index (χ4n) is 7.49. The predicted octanol–water partition coefficient (Wildman–Crippen LogP) is 7.74. The zero-order chi connectivity index (χ0) is 29.4. The van der Waals surface area contributed by atoms with E-state index in [1.165, 1.54) is 17.7 Å². The number of nitrogens with zero attached hydrogens (tertiary/aromatic N) is 2. The highest BCUT2D eigenvalue weighted by Crippen LogP contribution is 2.51.